The number of carbonyl (C=O) groups is 1. The molecule has 0 saturated heterocycles. The van der Waals surface area contributed by atoms with E-state index in [0.717, 1.165) is 5.56 Å². The second-order valence-corrected chi connectivity index (χ2v) is 5.37. The van der Waals surface area contributed by atoms with Crippen LogP contribution in [-0.2, 0) is 11.2 Å². The zero-order chi connectivity index (χ0) is 14.5. The predicted molar refractivity (Wildman–Crippen MR) is 73.7 cm³/mol. The average molecular weight is 287 g/mol. The van der Waals surface area contributed by atoms with Crippen molar-refractivity contribution >= 4 is 17.7 Å². The van der Waals surface area contributed by atoms with Crippen LogP contribution in [0.5, 0.6) is 5.88 Å². The maximum absolute atomic E-state index is 11.5. The van der Waals surface area contributed by atoms with Gasteiger partial charge in [-0.2, -0.15) is 0 Å². The molecule has 1 heterocycles. The number of methoxy groups -OCH3 is 1. The Hall–Kier alpha value is -1.49. The van der Waals surface area contributed by atoms with E-state index >= 15 is 0 Å². The molecule has 0 fully saturated rings. The average Bonchev–Trinajstić information content (AvgIpc) is 2.28. The monoisotopic (exact) mass is 286 g/mol. The Balaban J connectivity index is 2.47. The van der Waals surface area contributed by atoms with Crippen molar-refractivity contribution in [2.24, 2.45) is 0 Å². The predicted octanol–water partition coefficient (Wildman–Crippen LogP) is 2.81. The molecule has 1 aromatic heterocycles. The minimum Gasteiger partial charge on any atom is -0.481 e. The molecule has 5 nitrogen and oxygen atoms in total. The molecule has 1 rings (SSSR count). The van der Waals surface area contributed by atoms with Crippen LogP contribution in [-0.4, -0.2) is 30.3 Å². The first-order valence-electron chi connectivity index (χ1n) is 5.98. The number of nitrogens with one attached hydrogen (secondary N) is 1. The minimum atomic E-state index is -0.496. The van der Waals surface area contributed by atoms with Crippen molar-refractivity contribution in [1.29, 1.82) is 0 Å². The SMILES string of the molecule is COc1nc(Cl)ccc1CCNC(=O)OC(C)(C)C. The van der Waals surface area contributed by atoms with E-state index in [2.05, 4.69) is 10.3 Å². The molecule has 1 amide bonds. The number of amides is 1. The molecule has 0 saturated carbocycles. The molecule has 6 heteroatoms. The summed E-state index contributed by atoms with van der Waals surface area (Å²) >= 11 is 5.77. The second kappa shape index (κ2) is 6.61. The number of hydrogen-bond donors (Lipinski definition) is 1. The smallest absolute Gasteiger partial charge is 0.407 e. The van der Waals surface area contributed by atoms with Crippen molar-refractivity contribution in [2.75, 3.05) is 13.7 Å². The van der Waals surface area contributed by atoms with Crippen LogP contribution in [0.15, 0.2) is 12.1 Å². The number of nitrogens with zero attached hydrogens (tertiary/aromatic N) is 1. The first-order chi connectivity index (χ1) is 8.81. The number of rotatable bonds is 4. The zero-order valence-corrected chi connectivity index (χ0v) is 12.4. The van der Waals surface area contributed by atoms with E-state index in [1.807, 2.05) is 26.8 Å². The largest absolute Gasteiger partial charge is 0.481 e. The van der Waals surface area contributed by atoms with Crippen LogP contribution >= 0.6 is 11.6 Å². The van der Waals surface area contributed by atoms with Gasteiger partial charge in [0, 0.05) is 12.1 Å². The lowest BCUT2D eigenvalue weighted by molar-refractivity contribution is 0.0528. The first-order valence-corrected chi connectivity index (χ1v) is 6.36. The van der Waals surface area contributed by atoms with Crippen molar-refractivity contribution in [2.45, 2.75) is 32.8 Å². The van der Waals surface area contributed by atoms with Gasteiger partial charge in [-0.05, 0) is 33.3 Å². The Kier molecular flexibility index (Phi) is 5.42. The molecule has 1 N–H and O–H groups in total. The van der Waals surface area contributed by atoms with E-state index in [1.165, 1.54) is 7.11 Å². The molecule has 0 atom stereocenters. The lowest BCUT2D eigenvalue weighted by Crippen LogP contribution is -2.33. The van der Waals surface area contributed by atoms with Gasteiger partial charge >= 0.3 is 6.09 Å². The first kappa shape index (κ1) is 15.6. The van der Waals surface area contributed by atoms with Crippen molar-refractivity contribution in [3.05, 3.63) is 22.8 Å². The fourth-order valence-electron chi connectivity index (χ4n) is 1.43. The summed E-state index contributed by atoms with van der Waals surface area (Å²) in [4.78, 5) is 15.5. The third-order valence-corrected chi connectivity index (χ3v) is 2.37. The van der Waals surface area contributed by atoms with Gasteiger partial charge in [0.15, 0.2) is 0 Å². The van der Waals surface area contributed by atoms with E-state index in [4.69, 9.17) is 21.1 Å². The Morgan fingerprint density at radius 1 is 1.42 bits per heavy atom. The quantitative estimate of drug-likeness (QED) is 0.865. The van der Waals surface area contributed by atoms with E-state index < -0.39 is 11.7 Å². The molecule has 0 radical (unpaired) electrons. The van der Waals surface area contributed by atoms with Gasteiger partial charge in [-0.3, -0.25) is 0 Å². The molecule has 0 aliphatic carbocycles. The highest BCUT2D eigenvalue weighted by Gasteiger charge is 2.15. The number of carbonyl (C=O) groups excluding carboxylic acids is 1. The molecule has 0 aromatic carbocycles. The Labute approximate surface area is 118 Å². The molecule has 0 unspecified atom stereocenters. The van der Waals surface area contributed by atoms with Gasteiger partial charge in [0.05, 0.1) is 7.11 Å². The highest BCUT2D eigenvalue weighted by atomic mass is 35.5. The Bertz CT molecular complexity index is 444. The van der Waals surface area contributed by atoms with Gasteiger partial charge in [-0.15, -0.1) is 0 Å². The van der Waals surface area contributed by atoms with Crippen LogP contribution in [0.2, 0.25) is 5.15 Å². The van der Waals surface area contributed by atoms with E-state index in [0.29, 0.717) is 24.0 Å². The highest BCUT2D eigenvalue weighted by Crippen LogP contribution is 2.18. The fourth-order valence-corrected chi connectivity index (χ4v) is 1.57. The molecule has 0 spiro atoms. The summed E-state index contributed by atoms with van der Waals surface area (Å²) in [6, 6.07) is 3.51. The normalized spacial score (nSPS) is 11.0. The van der Waals surface area contributed by atoms with Crippen molar-refractivity contribution in [3.8, 4) is 5.88 Å². The van der Waals surface area contributed by atoms with Crippen LogP contribution in [0.25, 0.3) is 0 Å². The molecule has 106 valence electrons. The highest BCUT2D eigenvalue weighted by molar-refractivity contribution is 6.29. The van der Waals surface area contributed by atoms with Crippen LogP contribution < -0.4 is 10.1 Å². The zero-order valence-electron chi connectivity index (χ0n) is 11.6. The summed E-state index contributed by atoms with van der Waals surface area (Å²) in [6.07, 6.45) is 0.153. The van der Waals surface area contributed by atoms with Crippen molar-refractivity contribution < 1.29 is 14.3 Å². The molecule has 0 aliphatic rings. The number of alkyl carbamates (subject to hydrolysis) is 1. The van der Waals surface area contributed by atoms with Gasteiger partial charge in [-0.25, -0.2) is 9.78 Å². The fraction of sp³-hybridized carbons (Fsp3) is 0.538. The topological polar surface area (TPSA) is 60.5 Å². The molecule has 0 aliphatic heterocycles. The van der Waals surface area contributed by atoms with Crippen LogP contribution in [0.4, 0.5) is 4.79 Å². The molecule has 1 aromatic rings. The maximum atomic E-state index is 11.5. The van der Waals surface area contributed by atoms with E-state index in [-0.39, 0.29) is 0 Å². The lowest BCUT2D eigenvalue weighted by Gasteiger charge is -2.19. The minimum absolute atomic E-state index is 0.376. The number of ether oxygens (including phenoxy) is 2. The van der Waals surface area contributed by atoms with Crippen molar-refractivity contribution in [1.82, 2.24) is 10.3 Å². The third kappa shape index (κ3) is 5.79. The number of aromatic nitrogens is 1. The lowest BCUT2D eigenvalue weighted by atomic mass is 10.2. The number of halogens is 1. The summed E-state index contributed by atoms with van der Waals surface area (Å²) in [6.45, 7) is 5.89. The molecular formula is C13H19ClN2O3. The maximum Gasteiger partial charge on any atom is 0.407 e. The van der Waals surface area contributed by atoms with Gasteiger partial charge in [0.2, 0.25) is 5.88 Å². The van der Waals surface area contributed by atoms with Gasteiger partial charge < -0.3 is 14.8 Å². The third-order valence-electron chi connectivity index (χ3n) is 2.16. The number of hydrogen-bond acceptors (Lipinski definition) is 4. The van der Waals surface area contributed by atoms with Crippen molar-refractivity contribution in [3.63, 3.8) is 0 Å². The second-order valence-electron chi connectivity index (χ2n) is 4.98. The van der Waals surface area contributed by atoms with Crippen LogP contribution in [0.3, 0.4) is 0 Å². The van der Waals surface area contributed by atoms with Gasteiger partial charge in [0.1, 0.15) is 10.8 Å². The molecular weight excluding hydrogens is 268 g/mol. The Morgan fingerprint density at radius 2 is 2.11 bits per heavy atom. The Morgan fingerprint density at radius 3 is 2.68 bits per heavy atom. The summed E-state index contributed by atoms with van der Waals surface area (Å²) in [5.74, 6) is 0.471. The summed E-state index contributed by atoms with van der Waals surface area (Å²) < 4.78 is 10.3. The van der Waals surface area contributed by atoms with Gasteiger partial charge in [0.25, 0.3) is 0 Å². The summed E-state index contributed by atoms with van der Waals surface area (Å²) in [5, 5.41) is 3.05. The summed E-state index contributed by atoms with van der Waals surface area (Å²) in [5.41, 5.74) is 0.381. The summed E-state index contributed by atoms with van der Waals surface area (Å²) in [7, 11) is 1.53. The van der Waals surface area contributed by atoms with Crippen LogP contribution in [0, 0.1) is 0 Å². The number of pyridine rings is 1. The van der Waals surface area contributed by atoms with Crippen LogP contribution in [0.1, 0.15) is 26.3 Å². The van der Waals surface area contributed by atoms with E-state index in [1.54, 1.807) is 6.07 Å². The van der Waals surface area contributed by atoms with E-state index in [9.17, 15) is 4.79 Å². The molecule has 19 heavy (non-hydrogen) atoms. The standard InChI is InChI=1S/C13H19ClN2O3/c1-13(2,3)19-12(17)15-8-7-9-5-6-10(14)16-11(9)18-4/h5-6H,7-8H2,1-4H3,(H,15,17). The van der Waals surface area contributed by atoms with Gasteiger partial charge in [-0.1, -0.05) is 17.7 Å². The molecule has 0 bridgehead atoms.